The molecule has 1 aliphatic heterocycles. The van der Waals surface area contributed by atoms with Crippen LogP contribution in [-0.2, 0) is 0 Å². The molecule has 2 aromatic carbocycles. The summed E-state index contributed by atoms with van der Waals surface area (Å²) >= 11 is 6.01. The van der Waals surface area contributed by atoms with Gasteiger partial charge < -0.3 is 19.0 Å². The van der Waals surface area contributed by atoms with Crippen LogP contribution in [-0.4, -0.2) is 48.6 Å². The molecule has 0 unspecified atom stereocenters. The summed E-state index contributed by atoms with van der Waals surface area (Å²) in [7, 11) is 0. The van der Waals surface area contributed by atoms with E-state index in [1.54, 1.807) is 29.2 Å². The number of carbonyl (C=O) groups excluding carboxylic acids is 1. The zero-order chi connectivity index (χ0) is 21.8. The molecule has 158 valence electrons. The first-order valence-corrected chi connectivity index (χ1v) is 10.4. The third-order valence-electron chi connectivity index (χ3n) is 5.05. The third-order valence-corrected chi connectivity index (χ3v) is 5.29. The Balaban J connectivity index is 1.47. The summed E-state index contributed by atoms with van der Waals surface area (Å²) in [5, 5.41) is 10.1. The van der Waals surface area contributed by atoms with E-state index >= 15 is 0 Å². The van der Waals surface area contributed by atoms with Crippen molar-refractivity contribution in [3.8, 4) is 23.3 Å². The highest BCUT2D eigenvalue weighted by Gasteiger charge is 2.27. The summed E-state index contributed by atoms with van der Waals surface area (Å²) in [5.41, 5.74) is 1.57. The van der Waals surface area contributed by atoms with Crippen LogP contribution in [0.4, 0.5) is 5.88 Å². The number of aromatic nitrogens is 1. The number of rotatable bonds is 5. The Morgan fingerprint density at radius 2 is 1.94 bits per heavy atom. The number of hydrogen-bond acceptors (Lipinski definition) is 6. The number of benzene rings is 2. The van der Waals surface area contributed by atoms with Crippen molar-refractivity contribution in [3.63, 3.8) is 0 Å². The number of oxazole rings is 1. The summed E-state index contributed by atoms with van der Waals surface area (Å²) in [4.78, 5) is 20.8. The second kappa shape index (κ2) is 9.11. The number of anilines is 1. The average molecular weight is 437 g/mol. The zero-order valence-electron chi connectivity index (χ0n) is 17.0. The number of piperazine rings is 1. The van der Waals surface area contributed by atoms with Gasteiger partial charge in [0.15, 0.2) is 0 Å². The van der Waals surface area contributed by atoms with Gasteiger partial charge in [-0.1, -0.05) is 17.7 Å². The van der Waals surface area contributed by atoms with Gasteiger partial charge in [-0.05, 0) is 49.4 Å². The van der Waals surface area contributed by atoms with Crippen molar-refractivity contribution >= 4 is 23.4 Å². The summed E-state index contributed by atoms with van der Waals surface area (Å²) in [6, 6.07) is 16.4. The van der Waals surface area contributed by atoms with Gasteiger partial charge in [0.2, 0.25) is 17.5 Å². The van der Waals surface area contributed by atoms with Gasteiger partial charge in [0.1, 0.15) is 11.8 Å². The fourth-order valence-electron chi connectivity index (χ4n) is 3.50. The van der Waals surface area contributed by atoms with Crippen molar-refractivity contribution in [2.24, 2.45) is 0 Å². The molecule has 3 aromatic rings. The van der Waals surface area contributed by atoms with Crippen molar-refractivity contribution in [2.45, 2.75) is 6.92 Å². The Kier molecular flexibility index (Phi) is 6.10. The van der Waals surface area contributed by atoms with E-state index in [1.165, 1.54) is 0 Å². The minimum absolute atomic E-state index is 0.0599. The monoisotopic (exact) mass is 436 g/mol. The van der Waals surface area contributed by atoms with Crippen LogP contribution in [0.2, 0.25) is 5.02 Å². The lowest BCUT2D eigenvalue weighted by Gasteiger charge is -2.34. The van der Waals surface area contributed by atoms with Gasteiger partial charge in [0, 0.05) is 42.3 Å². The molecule has 0 bridgehead atoms. The fourth-order valence-corrected chi connectivity index (χ4v) is 3.69. The van der Waals surface area contributed by atoms with Crippen molar-refractivity contribution in [1.29, 1.82) is 5.26 Å². The van der Waals surface area contributed by atoms with Gasteiger partial charge >= 0.3 is 0 Å². The molecule has 0 radical (unpaired) electrons. The zero-order valence-corrected chi connectivity index (χ0v) is 17.8. The third kappa shape index (κ3) is 4.49. The summed E-state index contributed by atoms with van der Waals surface area (Å²) in [6.45, 7) is 4.62. The first kappa shape index (κ1) is 20.8. The van der Waals surface area contributed by atoms with Crippen LogP contribution in [0, 0.1) is 11.3 Å². The molecule has 1 amide bonds. The molecule has 7 nitrogen and oxygen atoms in total. The molecule has 2 heterocycles. The van der Waals surface area contributed by atoms with Gasteiger partial charge in [0.05, 0.1) is 6.61 Å². The first-order valence-electron chi connectivity index (χ1n) is 10.0. The van der Waals surface area contributed by atoms with E-state index in [2.05, 4.69) is 11.1 Å². The lowest BCUT2D eigenvalue weighted by atomic mass is 10.2. The second-order valence-electron chi connectivity index (χ2n) is 7.03. The van der Waals surface area contributed by atoms with Crippen molar-refractivity contribution in [3.05, 3.63) is 64.8 Å². The minimum Gasteiger partial charge on any atom is -0.494 e. The predicted octanol–water partition coefficient (Wildman–Crippen LogP) is 4.23. The summed E-state index contributed by atoms with van der Waals surface area (Å²) in [6.07, 6.45) is 0. The van der Waals surface area contributed by atoms with E-state index in [0.717, 1.165) is 11.3 Å². The van der Waals surface area contributed by atoms with Gasteiger partial charge in [-0.15, -0.1) is 0 Å². The largest absolute Gasteiger partial charge is 0.494 e. The van der Waals surface area contributed by atoms with Crippen molar-refractivity contribution in [2.75, 3.05) is 37.7 Å². The number of carbonyl (C=O) groups is 1. The first-order chi connectivity index (χ1) is 15.1. The van der Waals surface area contributed by atoms with Gasteiger partial charge in [0.25, 0.3) is 5.91 Å². The Labute approximate surface area is 185 Å². The number of amides is 1. The van der Waals surface area contributed by atoms with E-state index in [9.17, 15) is 10.1 Å². The maximum Gasteiger partial charge on any atom is 0.254 e. The van der Waals surface area contributed by atoms with Gasteiger partial charge in [-0.25, -0.2) is 0 Å². The van der Waals surface area contributed by atoms with E-state index in [1.807, 2.05) is 36.1 Å². The minimum atomic E-state index is -0.0599. The molecule has 0 N–H and O–H groups in total. The lowest BCUT2D eigenvalue weighted by Crippen LogP contribution is -2.48. The average Bonchev–Trinajstić information content (AvgIpc) is 3.24. The summed E-state index contributed by atoms with van der Waals surface area (Å²) in [5.74, 6) is 1.52. The smallest absolute Gasteiger partial charge is 0.254 e. The quantitative estimate of drug-likeness (QED) is 0.595. The molecular weight excluding hydrogens is 416 g/mol. The number of ether oxygens (including phenoxy) is 1. The van der Waals surface area contributed by atoms with Crippen LogP contribution in [0.5, 0.6) is 5.75 Å². The topological polar surface area (TPSA) is 82.6 Å². The highest BCUT2D eigenvalue weighted by Crippen LogP contribution is 2.30. The number of nitrogens with zero attached hydrogens (tertiary/aromatic N) is 4. The van der Waals surface area contributed by atoms with Gasteiger partial charge in [-0.2, -0.15) is 10.2 Å². The molecular formula is C23H21ClN4O3. The van der Waals surface area contributed by atoms with Crippen LogP contribution in [0.1, 0.15) is 23.0 Å². The SMILES string of the molecule is CCOc1ccc(-c2nc(C#N)c(N3CCN(C(=O)c4cccc(Cl)c4)CC3)o2)cc1. The molecule has 31 heavy (non-hydrogen) atoms. The molecule has 1 aromatic heterocycles. The molecule has 1 fully saturated rings. The normalized spacial score (nSPS) is 13.7. The Hall–Kier alpha value is -3.50. The van der Waals surface area contributed by atoms with Crippen LogP contribution >= 0.6 is 11.6 Å². The van der Waals surface area contributed by atoms with E-state index in [-0.39, 0.29) is 11.6 Å². The Bertz CT molecular complexity index is 1110. The van der Waals surface area contributed by atoms with Crippen LogP contribution in [0.15, 0.2) is 52.9 Å². The molecule has 1 saturated heterocycles. The highest BCUT2D eigenvalue weighted by molar-refractivity contribution is 6.30. The fraction of sp³-hybridized carbons (Fsp3) is 0.261. The number of hydrogen-bond donors (Lipinski definition) is 0. The van der Waals surface area contributed by atoms with Gasteiger partial charge in [-0.3, -0.25) is 4.79 Å². The predicted molar refractivity (Wildman–Crippen MR) is 117 cm³/mol. The highest BCUT2D eigenvalue weighted by atomic mass is 35.5. The maximum atomic E-state index is 12.7. The maximum absolute atomic E-state index is 12.7. The Morgan fingerprint density at radius 3 is 2.58 bits per heavy atom. The van der Waals surface area contributed by atoms with Crippen LogP contribution in [0.25, 0.3) is 11.5 Å². The van der Waals surface area contributed by atoms with E-state index < -0.39 is 0 Å². The van der Waals surface area contributed by atoms with E-state index in [4.69, 9.17) is 20.8 Å². The molecule has 0 saturated carbocycles. The summed E-state index contributed by atoms with van der Waals surface area (Å²) < 4.78 is 11.4. The molecule has 0 spiro atoms. The molecule has 0 aliphatic carbocycles. The Morgan fingerprint density at radius 1 is 1.19 bits per heavy atom. The number of halogens is 1. The number of nitriles is 1. The molecule has 0 atom stereocenters. The van der Waals surface area contributed by atoms with Crippen molar-refractivity contribution in [1.82, 2.24) is 9.88 Å². The van der Waals surface area contributed by atoms with E-state index in [0.29, 0.717) is 55.1 Å². The second-order valence-corrected chi connectivity index (χ2v) is 7.47. The van der Waals surface area contributed by atoms with Crippen LogP contribution < -0.4 is 9.64 Å². The molecule has 8 heteroatoms. The standard InChI is InChI=1S/C23H21ClN4O3/c1-2-30-19-8-6-16(7-9-19)21-26-20(15-25)23(31-21)28-12-10-27(11-13-28)22(29)17-4-3-5-18(24)14-17/h3-9,14H,2,10-13H2,1H3. The molecule has 1 aliphatic rings. The van der Waals surface area contributed by atoms with Crippen LogP contribution in [0.3, 0.4) is 0 Å². The molecule has 4 rings (SSSR count). The van der Waals surface area contributed by atoms with Crippen molar-refractivity contribution < 1.29 is 13.9 Å². The lowest BCUT2D eigenvalue weighted by molar-refractivity contribution is 0.0745.